The summed E-state index contributed by atoms with van der Waals surface area (Å²) in [5, 5.41) is 2.99. The van der Waals surface area contributed by atoms with Gasteiger partial charge >= 0.3 is 0 Å². The van der Waals surface area contributed by atoms with E-state index in [1.807, 2.05) is 62.4 Å². The van der Waals surface area contributed by atoms with Crippen LogP contribution in [0.2, 0.25) is 0 Å². The summed E-state index contributed by atoms with van der Waals surface area (Å²) >= 11 is 0. The van der Waals surface area contributed by atoms with E-state index in [2.05, 4.69) is 33.0 Å². The summed E-state index contributed by atoms with van der Waals surface area (Å²) in [4.78, 5) is 27.9. The molecule has 0 aromatic heterocycles. The van der Waals surface area contributed by atoms with Gasteiger partial charge in [-0.2, -0.15) is 0 Å². The maximum absolute atomic E-state index is 13.3. The van der Waals surface area contributed by atoms with Crippen molar-refractivity contribution >= 4 is 11.8 Å². The molecule has 1 N–H and O–H groups in total. The quantitative estimate of drug-likeness (QED) is 0.532. The zero-order valence-corrected chi connectivity index (χ0v) is 20.4. The summed E-state index contributed by atoms with van der Waals surface area (Å²) < 4.78 is 5.95. The normalized spacial score (nSPS) is 12.0. The maximum Gasteiger partial charge on any atom is 0.261 e. The fourth-order valence-electron chi connectivity index (χ4n) is 3.54. The predicted molar refractivity (Wildman–Crippen MR) is 130 cm³/mol. The highest BCUT2D eigenvalue weighted by Crippen LogP contribution is 2.26. The Labute approximate surface area is 193 Å². The van der Waals surface area contributed by atoms with Crippen LogP contribution in [-0.4, -0.2) is 35.9 Å². The van der Waals surface area contributed by atoms with Crippen LogP contribution in [0.15, 0.2) is 48.5 Å². The molecule has 0 saturated carbocycles. The van der Waals surface area contributed by atoms with Gasteiger partial charge in [0.2, 0.25) is 5.91 Å². The molecule has 2 rings (SSSR count). The molecule has 0 bridgehead atoms. The Morgan fingerprint density at radius 1 is 1.00 bits per heavy atom. The van der Waals surface area contributed by atoms with E-state index in [0.29, 0.717) is 31.2 Å². The van der Waals surface area contributed by atoms with Gasteiger partial charge in [-0.15, -0.1) is 0 Å². The third-order valence-electron chi connectivity index (χ3n) is 5.44. The van der Waals surface area contributed by atoms with Crippen LogP contribution in [-0.2, 0) is 16.1 Å². The van der Waals surface area contributed by atoms with Gasteiger partial charge in [0.15, 0.2) is 6.61 Å². The van der Waals surface area contributed by atoms with Crippen molar-refractivity contribution in [2.75, 3.05) is 13.2 Å². The van der Waals surface area contributed by atoms with Crippen LogP contribution in [0.3, 0.4) is 0 Å². The number of rotatable bonds is 11. The number of carbonyl (C=O) groups is 2. The number of hydrogen-bond acceptors (Lipinski definition) is 3. The number of carbonyl (C=O) groups excluding carboxylic acids is 2. The van der Waals surface area contributed by atoms with Crippen molar-refractivity contribution in [2.24, 2.45) is 5.92 Å². The molecular weight excluding hydrogens is 400 g/mol. The molecule has 174 valence electrons. The Balaban J connectivity index is 2.23. The van der Waals surface area contributed by atoms with Crippen molar-refractivity contribution < 1.29 is 14.3 Å². The Bertz CT molecular complexity index is 875. The van der Waals surface area contributed by atoms with Gasteiger partial charge in [-0.1, -0.05) is 82.6 Å². The molecule has 5 nitrogen and oxygen atoms in total. The molecule has 0 radical (unpaired) electrons. The number of amides is 2. The van der Waals surface area contributed by atoms with E-state index in [1.54, 1.807) is 4.90 Å². The van der Waals surface area contributed by atoms with Crippen LogP contribution < -0.4 is 10.1 Å². The van der Waals surface area contributed by atoms with E-state index in [9.17, 15) is 9.59 Å². The van der Waals surface area contributed by atoms with E-state index in [1.165, 1.54) is 0 Å². The Morgan fingerprint density at radius 2 is 1.66 bits per heavy atom. The van der Waals surface area contributed by atoms with Crippen molar-refractivity contribution in [1.29, 1.82) is 0 Å². The minimum absolute atomic E-state index is 0.108. The minimum Gasteiger partial charge on any atom is -0.483 e. The van der Waals surface area contributed by atoms with Crippen molar-refractivity contribution in [2.45, 2.75) is 66.5 Å². The van der Waals surface area contributed by atoms with Crippen LogP contribution >= 0.6 is 0 Å². The fourth-order valence-corrected chi connectivity index (χ4v) is 3.54. The zero-order chi connectivity index (χ0) is 23.7. The number of nitrogens with zero attached hydrogens (tertiary/aromatic N) is 1. The van der Waals surface area contributed by atoms with Gasteiger partial charge in [-0.05, 0) is 42.4 Å². The molecule has 0 spiro atoms. The lowest BCUT2D eigenvalue weighted by Crippen LogP contribution is -2.50. The molecule has 0 saturated heterocycles. The standard InChI is InChI=1S/C27H38N2O3/c1-7-24(27(31)28-16-19(2)3)29(17-22-14-12-21(6)13-15-22)26(30)18-32-25-11-9-8-10-23(25)20(4)5/h8-15,19-20,24H,7,16-18H2,1-6H3,(H,28,31). The zero-order valence-electron chi connectivity index (χ0n) is 20.4. The molecule has 32 heavy (non-hydrogen) atoms. The average Bonchev–Trinajstić information content (AvgIpc) is 2.77. The fraction of sp³-hybridized carbons (Fsp3) is 0.481. The number of aryl methyl sites for hydroxylation is 1. The van der Waals surface area contributed by atoms with E-state index >= 15 is 0 Å². The van der Waals surface area contributed by atoms with Crippen LogP contribution in [0.5, 0.6) is 5.75 Å². The molecule has 1 unspecified atom stereocenters. The predicted octanol–water partition coefficient (Wildman–Crippen LogP) is 5.08. The molecule has 0 aliphatic rings. The summed E-state index contributed by atoms with van der Waals surface area (Å²) in [5.41, 5.74) is 3.20. The molecular formula is C27H38N2O3. The van der Waals surface area contributed by atoms with Crippen LogP contribution in [0, 0.1) is 12.8 Å². The molecule has 0 aliphatic heterocycles. The molecule has 0 aliphatic carbocycles. The monoisotopic (exact) mass is 438 g/mol. The highest BCUT2D eigenvalue weighted by Gasteiger charge is 2.29. The number of ether oxygens (including phenoxy) is 1. The third-order valence-corrected chi connectivity index (χ3v) is 5.44. The van der Waals surface area contributed by atoms with Gasteiger partial charge in [0.05, 0.1) is 0 Å². The Hall–Kier alpha value is -2.82. The van der Waals surface area contributed by atoms with E-state index < -0.39 is 6.04 Å². The first kappa shape index (κ1) is 25.4. The molecule has 0 heterocycles. The van der Waals surface area contributed by atoms with Crippen molar-refractivity contribution in [3.8, 4) is 5.75 Å². The van der Waals surface area contributed by atoms with E-state index in [4.69, 9.17) is 4.74 Å². The van der Waals surface area contributed by atoms with Gasteiger partial charge in [0.1, 0.15) is 11.8 Å². The van der Waals surface area contributed by atoms with Gasteiger partial charge in [0, 0.05) is 13.1 Å². The number of hydrogen-bond donors (Lipinski definition) is 1. The van der Waals surface area contributed by atoms with Gasteiger partial charge in [0.25, 0.3) is 5.91 Å². The molecule has 2 aromatic carbocycles. The van der Waals surface area contributed by atoms with Crippen LogP contribution in [0.1, 0.15) is 63.6 Å². The topological polar surface area (TPSA) is 58.6 Å². The lowest BCUT2D eigenvalue weighted by molar-refractivity contribution is -0.143. The Kier molecular flexibility index (Phi) is 9.76. The lowest BCUT2D eigenvalue weighted by atomic mass is 10.0. The summed E-state index contributed by atoms with van der Waals surface area (Å²) in [6.45, 7) is 13.1. The second kappa shape index (κ2) is 12.3. The lowest BCUT2D eigenvalue weighted by Gasteiger charge is -2.31. The van der Waals surface area contributed by atoms with Crippen LogP contribution in [0.4, 0.5) is 0 Å². The second-order valence-corrected chi connectivity index (χ2v) is 9.05. The summed E-state index contributed by atoms with van der Waals surface area (Å²) in [6.07, 6.45) is 0.532. The average molecular weight is 439 g/mol. The number of nitrogens with one attached hydrogen (secondary N) is 1. The summed E-state index contributed by atoms with van der Waals surface area (Å²) in [7, 11) is 0. The SMILES string of the molecule is CCC(C(=O)NCC(C)C)N(Cc1ccc(C)cc1)C(=O)COc1ccccc1C(C)C. The van der Waals surface area contributed by atoms with Gasteiger partial charge < -0.3 is 15.0 Å². The molecule has 0 fully saturated rings. The number of benzene rings is 2. The van der Waals surface area contributed by atoms with Gasteiger partial charge in [-0.3, -0.25) is 9.59 Å². The summed E-state index contributed by atoms with van der Waals surface area (Å²) in [5.74, 6) is 1.02. The maximum atomic E-state index is 13.3. The number of para-hydroxylation sites is 1. The smallest absolute Gasteiger partial charge is 0.261 e. The first-order valence-corrected chi connectivity index (χ1v) is 11.6. The first-order chi connectivity index (χ1) is 15.2. The minimum atomic E-state index is -0.550. The second-order valence-electron chi connectivity index (χ2n) is 9.05. The highest BCUT2D eigenvalue weighted by molar-refractivity contribution is 5.88. The summed E-state index contributed by atoms with van der Waals surface area (Å²) in [6, 6.07) is 15.3. The highest BCUT2D eigenvalue weighted by atomic mass is 16.5. The van der Waals surface area contributed by atoms with Crippen molar-refractivity contribution in [3.63, 3.8) is 0 Å². The van der Waals surface area contributed by atoms with Gasteiger partial charge in [-0.25, -0.2) is 0 Å². The van der Waals surface area contributed by atoms with E-state index in [0.717, 1.165) is 16.7 Å². The molecule has 2 amide bonds. The molecule has 2 aromatic rings. The molecule has 5 heteroatoms. The third kappa shape index (κ3) is 7.40. The Morgan fingerprint density at radius 3 is 2.25 bits per heavy atom. The van der Waals surface area contributed by atoms with E-state index in [-0.39, 0.29) is 24.3 Å². The van der Waals surface area contributed by atoms with Crippen molar-refractivity contribution in [1.82, 2.24) is 10.2 Å². The first-order valence-electron chi connectivity index (χ1n) is 11.6. The van der Waals surface area contributed by atoms with Crippen molar-refractivity contribution in [3.05, 3.63) is 65.2 Å². The largest absolute Gasteiger partial charge is 0.483 e. The molecule has 1 atom stereocenters. The van der Waals surface area contributed by atoms with Crippen LogP contribution in [0.25, 0.3) is 0 Å².